The topological polar surface area (TPSA) is 158 Å². The second kappa shape index (κ2) is 14.4. The number of nitrogens with zero attached hydrogens (tertiary/aromatic N) is 6. The molecule has 4 aromatic heterocycles. The first-order chi connectivity index (χ1) is 27.0. The van der Waals surface area contributed by atoms with Gasteiger partial charge in [-0.05, 0) is 67.0 Å². The zero-order valence-electron chi connectivity index (χ0n) is 31.5. The Labute approximate surface area is 332 Å². The van der Waals surface area contributed by atoms with Crippen molar-refractivity contribution in [1.29, 1.82) is 0 Å². The number of anilines is 1. The second-order valence-electron chi connectivity index (χ2n) is 15.7. The predicted molar refractivity (Wildman–Crippen MR) is 216 cm³/mol. The highest BCUT2D eigenvalue weighted by Crippen LogP contribution is 2.60. The Bertz CT molecular complexity index is 2410. The highest BCUT2D eigenvalue weighted by Gasteiger charge is 2.57. The summed E-state index contributed by atoms with van der Waals surface area (Å²) in [5.74, 6) is 1.41. The number of thiazole rings is 1. The van der Waals surface area contributed by atoms with Crippen LogP contribution in [0.25, 0.3) is 31.9 Å². The highest BCUT2D eigenvalue weighted by molar-refractivity contribution is 7.19. The van der Waals surface area contributed by atoms with Crippen molar-refractivity contribution in [3.63, 3.8) is 0 Å². The number of nitrogens with one attached hydrogen (secondary N) is 1. The van der Waals surface area contributed by atoms with E-state index in [2.05, 4.69) is 36.6 Å². The van der Waals surface area contributed by atoms with Crippen molar-refractivity contribution in [3.05, 3.63) is 94.1 Å². The summed E-state index contributed by atoms with van der Waals surface area (Å²) in [5, 5.41) is 37.4. The van der Waals surface area contributed by atoms with E-state index in [-0.39, 0.29) is 42.5 Å². The third-order valence-corrected chi connectivity index (χ3v) is 13.9. The average molecular weight is 790 g/mol. The minimum absolute atomic E-state index is 0.0780. The van der Waals surface area contributed by atoms with E-state index in [9.17, 15) is 19.8 Å². The Morgan fingerprint density at radius 2 is 1.75 bits per heavy atom. The van der Waals surface area contributed by atoms with E-state index in [0.29, 0.717) is 40.6 Å². The lowest BCUT2D eigenvalue weighted by Gasteiger charge is -2.29. The molecule has 1 aliphatic carbocycles. The molecule has 6 aromatic rings. The van der Waals surface area contributed by atoms with Crippen LogP contribution in [0.15, 0.2) is 76.8 Å². The molecule has 3 N–H and O–H groups in total. The van der Waals surface area contributed by atoms with Crippen molar-refractivity contribution in [2.75, 3.05) is 24.5 Å². The van der Waals surface area contributed by atoms with Gasteiger partial charge in [0.05, 0.1) is 38.6 Å². The third-order valence-electron chi connectivity index (χ3n) is 11.7. The average Bonchev–Trinajstić information content (AvgIpc) is 3.88. The third kappa shape index (κ3) is 6.62. The van der Waals surface area contributed by atoms with Gasteiger partial charge in [0, 0.05) is 48.5 Å². The van der Waals surface area contributed by atoms with Crippen LogP contribution in [0.2, 0.25) is 0 Å². The zero-order valence-corrected chi connectivity index (χ0v) is 33.1. The molecule has 14 heteroatoms. The van der Waals surface area contributed by atoms with E-state index in [1.54, 1.807) is 34.8 Å². The summed E-state index contributed by atoms with van der Waals surface area (Å²) in [5.41, 5.74) is 7.02. The highest BCUT2D eigenvalue weighted by atomic mass is 32.1. The van der Waals surface area contributed by atoms with Crippen LogP contribution in [-0.2, 0) is 9.59 Å². The number of β-amino-alcohol motifs (C(OH)–C–C–N with tert-alkyl or cyclic N) is 1. The fourth-order valence-electron chi connectivity index (χ4n) is 8.67. The van der Waals surface area contributed by atoms with E-state index in [1.165, 1.54) is 9.78 Å². The quantitative estimate of drug-likeness (QED) is 0.133. The maximum Gasteiger partial charge on any atom is 0.243 e. The summed E-state index contributed by atoms with van der Waals surface area (Å²) < 4.78 is 6.94. The molecule has 6 heterocycles. The second-order valence-corrected chi connectivity index (χ2v) is 17.7. The van der Waals surface area contributed by atoms with Gasteiger partial charge in [-0.25, -0.2) is 4.98 Å². The number of aliphatic hydroxyl groups is 1. The van der Waals surface area contributed by atoms with Crippen LogP contribution in [0.1, 0.15) is 67.0 Å². The molecule has 0 bridgehead atoms. The number of aromatic hydroxyl groups is 1. The van der Waals surface area contributed by atoms with Crippen molar-refractivity contribution in [2.24, 2.45) is 17.8 Å². The molecule has 3 fully saturated rings. The van der Waals surface area contributed by atoms with E-state index in [4.69, 9.17) is 4.52 Å². The van der Waals surface area contributed by atoms with Crippen molar-refractivity contribution in [2.45, 2.75) is 64.1 Å². The number of thiophene rings is 1. The molecule has 9 rings (SSSR count). The van der Waals surface area contributed by atoms with Gasteiger partial charge in [0.2, 0.25) is 11.8 Å². The molecule has 2 amide bonds. The molecule has 12 nitrogen and oxygen atoms in total. The van der Waals surface area contributed by atoms with Crippen LogP contribution in [0.4, 0.5) is 5.82 Å². The van der Waals surface area contributed by atoms with Gasteiger partial charge in [0.1, 0.15) is 23.2 Å². The van der Waals surface area contributed by atoms with Crippen LogP contribution >= 0.6 is 22.7 Å². The maximum atomic E-state index is 14.3. The van der Waals surface area contributed by atoms with Gasteiger partial charge in [-0.3, -0.25) is 9.59 Å². The number of carbonyl (C=O) groups is 2. The van der Waals surface area contributed by atoms with E-state index in [1.807, 2.05) is 81.7 Å². The molecular weight excluding hydrogens is 747 g/mol. The van der Waals surface area contributed by atoms with Crippen molar-refractivity contribution < 1.29 is 24.3 Å². The monoisotopic (exact) mass is 789 g/mol. The van der Waals surface area contributed by atoms with Gasteiger partial charge in [-0.15, -0.1) is 32.9 Å². The molecule has 1 unspecified atom stereocenters. The number of hydrogen-bond donors (Lipinski definition) is 3. The summed E-state index contributed by atoms with van der Waals surface area (Å²) in [6.07, 6.45) is -0.635. The molecular formula is C42H43N7O5S2. The first kappa shape index (κ1) is 36.5. The summed E-state index contributed by atoms with van der Waals surface area (Å²) in [6, 6.07) is 20.2. The lowest BCUT2D eigenvalue weighted by molar-refractivity contribution is -0.141. The SMILES string of the molecule is Cc1ncsc1-c1ccc([C@H](C)NC(=O)[C@@H]2C[C@@H](O)CN2C(=O)[C@@H](c2cc(N3C[C@@H]4C(c5cc6nnc(-c7ccccc7O)cc6s5)[C@@H]4C3)no2)C(C)C)cc1. The maximum absolute atomic E-state index is 14.3. The summed E-state index contributed by atoms with van der Waals surface area (Å²) >= 11 is 3.34. The first-order valence-corrected chi connectivity index (χ1v) is 20.8. The molecule has 7 atom stereocenters. The molecule has 288 valence electrons. The molecule has 0 spiro atoms. The van der Waals surface area contributed by atoms with Gasteiger partial charge in [-0.2, -0.15) is 0 Å². The number of amides is 2. The minimum Gasteiger partial charge on any atom is -0.507 e. The number of aryl methyl sites for hydroxylation is 1. The summed E-state index contributed by atoms with van der Waals surface area (Å²) in [4.78, 5) is 38.5. The molecule has 56 heavy (non-hydrogen) atoms. The van der Waals surface area contributed by atoms with Gasteiger partial charge in [0.25, 0.3) is 0 Å². The number of likely N-dealkylation sites (tertiary alicyclic amines) is 1. The molecule has 0 radical (unpaired) electrons. The number of fused-ring (bicyclic) bond motifs is 2. The Hall–Kier alpha value is -5.18. The number of aliphatic hydroxyl groups excluding tert-OH is 1. The number of phenols is 1. The van der Waals surface area contributed by atoms with Crippen LogP contribution in [0, 0.1) is 24.7 Å². The molecule has 2 saturated heterocycles. The number of aromatic nitrogens is 4. The Balaban J connectivity index is 0.845. The summed E-state index contributed by atoms with van der Waals surface area (Å²) in [7, 11) is 0. The van der Waals surface area contributed by atoms with Crippen LogP contribution in [-0.4, -0.2) is 79.0 Å². The van der Waals surface area contributed by atoms with Crippen molar-refractivity contribution >= 4 is 50.5 Å². The van der Waals surface area contributed by atoms with E-state index >= 15 is 0 Å². The van der Waals surface area contributed by atoms with Crippen LogP contribution in [0.5, 0.6) is 5.75 Å². The first-order valence-electron chi connectivity index (χ1n) is 19.1. The largest absolute Gasteiger partial charge is 0.507 e. The standard InChI is InChI=1S/C42H43N7O5S2/c1-21(2)38(42(53)49-17-26(50)13-32(49)41(52)44-22(3)24-9-11-25(12-10-24)40-23(4)43-20-55-40)34-16-37(47-54-34)48-18-28-29(19-48)39(28)36-15-31-35(56-36)14-30(45-46-31)27-7-5-6-8-33(27)51/h5-12,14-16,20-22,26,28-29,32,38-39,50-51H,13,17-19H2,1-4H3,(H,44,52)/t22-,26+,28-,29+,32-,38+,39?/m0/s1. The lowest BCUT2D eigenvalue weighted by Crippen LogP contribution is -2.48. The fourth-order valence-corrected chi connectivity index (χ4v) is 10.8. The molecule has 2 aromatic carbocycles. The predicted octanol–water partition coefficient (Wildman–Crippen LogP) is 6.91. The minimum atomic E-state index is -0.804. The van der Waals surface area contributed by atoms with Crippen molar-refractivity contribution in [3.8, 4) is 27.4 Å². The van der Waals surface area contributed by atoms with Gasteiger partial charge < -0.3 is 29.9 Å². The number of benzene rings is 2. The normalized spacial score (nSPS) is 22.8. The number of phenolic OH excluding ortho intramolecular Hbond substituents is 1. The molecule has 3 aliphatic rings. The Kier molecular flexibility index (Phi) is 9.37. The lowest BCUT2D eigenvalue weighted by atomic mass is 9.91. The Morgan fingerprint density at radius 1 is 0.982 bits per heavy atom. The fraction of sp³-hybridized carbons (Fsp3) is 0.381. The number of carbonyl (C=O) groups excluding carboxylic acids is 2. The molecule has 2 aliphatic heterocycles. The van der Waals surface area contributed by atoms with E-state index in [0.717, 1.165) is 45.0 Å². The van der Waals surface area contributed by atoms with Gasteiger partial charge in [-0.1, -0.05) is 55.4 Å². The number of piperidine rings is 1. The molecule has 1 saturated carbocycles. The van der Waals surface area contributed by atoms with Crippen LogP contribution < -0.4 is 10.2 Å². The van der Waals surface area contributed by atoms with Gasteiger partial charge >= 0.3 is 0 Å². The van der Waals surface area contributed by atoms with E-state index < -0.39 is 18.1 Å². The van der Waals surface area contributed by atoms with Crippen molar-refractivity contribution in [1.82, 2.24) is 30.6 Å². The van der Waals surface area contributed by atoms with Crippen LogP contribution in [0.3, 0.4) is 0 Å². The zero-order chi connectivity index (χ0) is 38.8. The Morgan fingerprint density at radius 3 is 2.46 bits per heavy atom. The summed E-state index contributed by atoms with van der Waals surface area (Å²) in [6.45, 7) is 9.57. The number of hydrogen-bond acceptors (Lipinski definition) is 12. The number of rotatable bonds is 10. The smallest absolute Gasteiger partial charge is 0.243 e. The van der Waals surface area contributed by atoms with Gasteiger partial charge in [0.15, 0.2) is 11.6 Å². The number of para-hydroxylation sites is 1.